The number of sulfone groups is 1. The fourth-order valence-corrected chi connectivity index (χ4v) is 5.82. The van der Waals surface area contributed by atoms with Crippen LogP contribution in [0, 0.1) is 0 Å². The maximum atomic E-state index is 13.3. The van der Waals surface area contributed by atoms with Crippen LogP contribution in [0.1, 0.15) is 48.4 Å². The van der Waals surface area contributed by atoms with Crippen molar-refractivity contribution in [2.45, 2.75) is 48.7 Å². The lowest BCUT2D eigenvalue weighted by molar-refractivity contribution is 0.0147. The molecule has 11 heteroatoms. The number of carbonyl (C=O) groups excluding carboxylic acids is 1. The number of nitrogens with zero attached hydrogens (tertiary/aromatic N) is 1. The minimum atomic E-state index is -3.84. The van der Waals surface area contributed by atoms with Crippen LogP contribution in [-0.4, -0.2) is 54.3 Å². The second kappa shape index (κ2) is 14.2. The number of carboxylic acids is 1. The zero-order valence-electron chi connectivity index (χ0n) is 25.0. The predicted octanol–water partition coefficient (Wildman–Crippen LogP) is 7.18. The largest absolute Gasteiger partial charge is 0.478 e. The number of carbonyl (C=O) groups is 2. The summed E-state index contributed by atoms with van der Waals surface area (Å²) in [7, 11) is -3.84. The molecule has 45 heavy (non-hydrogen) atoms. The van der Waals surface area contributed by atoms with Crippen molar-refractivity contribution in [1.29, 1.82) is 0 Å². The van der Waals surface area contributed by atoms with Gasteiger partial charge in [-0.05, 0) is 105 Å². The molecule has 0 aromatic heterocycles. The van der Waals surface area contributed by atoms with Gasteiger partial charge in [0.15, 0.2) is 0 Å². The smallest absolute Gasteiger partial charge is 0.410 e. The van der Waals surface area contributed by atoms with E-state index in [1.807, 2.05) is 0 Å². The third kappa shape index (κ3) is 9.31. The van der Waals surface area contributed by atoms with Gasteiger partial charge >= 0.3 is 12.1 Å². The van der Waals surface area contributed by atoms with Gasteiger partial charge in [0.2, 0.25) is 9.84 Å². The summed E-state index contributed by atoms with van der Waals surface area (Å²) in [5.74, 6) is -0.423. The van der Waals surface area contributed by atoms with Crippen molar-refractivity contribution in [3.63, 3.8) is 0 Å². The van der Waals surface area contributed by atoms with Crippen molar-refractivity contribution < 1.29 is 37.7 Å². The Hall–Kier alpha value is -4.38. The summed E-state index contributed by atoms with van der Waals surface area (Å²) in [5.41, 5.74) is 0.690. The highest BCUT2D eigenvalue weighted by molar-refractivity contribution is 7.91. The minimum Gasteiger partial charge on any atom is -0.478 e. The maximum absolute atomic E-state index is 13.3. The Balaban J connectivity index is 1.43. The highest BCUT2D eigenvalue weighted by Gasteiger charge is 2.25. The Morgan fingerprint density at radius 2 is 1.49 bits per heavy atom. The van der Waals surface area contributed by atoms with E-state index >= 15 is 0 Å². The van der Waals surface area contributed by atoms with Gasteiger partial charge in [0.25, 0.3) is 0 Å². The van der Waals surface area contributed by atoms with Crippen molar-refractivity contribution in [3.05, 3.63) is 119 Å². The number of ether oxygens (including phenoxy) is 2. The summed E-state index contributed by atoms with van der Waals surface area (Å²) in [6.07, 6.45) is -1.18. The predicted molar refractivity (Wildman–Crippen MR) is 170 cm³/mol. The molecule has 0 saturated carbocycles. The molecule has 0 fully saturated rings. The Morgan fingerprint density at radius 3 is 2.09 bits per heavy atom. The molecule has 0 radical (unpaired) electrons. The molecule has 236 valence electrons. The fourth-order valence-electron chi connectivity index (χ4n) is 4.36. The van der Waals surface area contributed by atoms with Gasteiger partial charge in [0.05, 0.1) is 28.0 Å². The zero-order chi connectivity index (χ0) is 32.8. The molecule has 4 aromatic rings. The van der Waals surface area contributed by atoms with E-state index in [0.717, 1.165) is 5.56 Å². The lowest BCUT2D eigenvalue weighted by Gasteiger charge is -2.29. The van der Waals surface area contributed by atoms with Gasteiger partial charge in [-0.3, -0.25) is 0 Å². The van der Waals surface area contributed by atoms with Crippen molar-refractivity contribution in [3.8, 4) is 11.5 Å². The van der Waals surface area contributed by atoms with Crippen LogP contribution in [0.4, 0.5) is 4.79 Å². The van der Waals surface area contributed by atoms with Crippen LogP contribution in [0.15, 0.2) is 107 Å². The first-order valence-corrected chi connectivity index (χ1v) is 15.9. The summed E-state index contributed by atoms with van der Waals surface area (Å²) in [6.45, 7) is 5.48. The Kier molecular flexibility index (Phi) is 10.5. The number of amides is 1. The van der Waals surface area contributed by atoms with Gasteiger partial charge in [0.1, 0.15) is 17.1 Å². The molecule has 1 amide bonds. The van der Waals surface area contributed by atoms with E-state index in [1.54, 1.807) is 69.3 Å². The lowest BCUT2D eigenvalue weighted by Crippen LogP contribution is -2.40. The molecule has 0 spiro atoms. The number of carboxylic acid groups (broad SMARTS) is 1. The molecule has 0 aliphatic carbocycles. The van der Waals surface area contributed by atoms with Gasteiger partial charge in [-0.2, -0.15) is 0 Å². The summed E-state index contributed by atoms with van der Waals surface area (Å²) < 4.78 is 37.8. The summed E-state index contributed by atoms with van der Waals surface area (Å²) in [4.78, 5) is 25.7. The number of aliphatic hydroxyl groups is 1. The van der Waals surface area contributed by atoms with E-state index in [1.165, 1.54) is 53.4 Å². The van der Waals surface area contributed by atoms with Gasteiger partial charge in [-0.25, -0.2) is 18.0 Å². The molecule has 9 nitrogen and oxygen atoms in total. The van der Waals surface area contributed by atoms with Crippen LogP contribution in [0.25, 0.3) is 0 Å². The molecule has 2 N–H and O–H groups in total. The number of aliphatic hydroxyl groups excluding tert-OH is 1. The van der Waals surface area contributed by atoms with Gasteiger partial charge in [0, 0.05) is 11.6 Å². The minimum absolute atomic E-state index is 0.0214. The number of benzene rings is 4. The first-order valence-electron chi connectivity index (χ1n) is 14.1. The molecule has 0 aliphatic rings. The van der Waals surface area contributed by atoms with Gasteiger partial charge in [-0.1, -0.05) is 41.9 Å². The second-order valence-electron chi connectivity index (χ2n) is 11.3. The molecular weight excluding hydrogens is 618 g/mol. The maximum Gasteiger partial charge on any atom is 0.410 e. The molecule has 1 atom stereocenters. The van der Waals surface area contributed by atoms with E-state index < -0.39 is 33.6 Å². The normalized spacial score (nSPS) is 12.3. The highest BCUT2D eigenvalue weighted by Crippen LogP contribution is 2.27. The van der Waals surface area contributed by atoms with E-state index in [4.69, 9.17) is 26.2 Å². The Morgan fingerprint density at radius 1 is 0.867 bits per heavy atom. The second-order valence-corrected chi connectivity index (χ2v) is 13.7. The topological polar surface area (TPSA) is 130 Å². The molecule has 0 heterocycles. The van der Waals surface area contributed by atoms with E-state index in [-0.39, 0.29) is 28.4 Å². The van der Waals surface area contributed by atoms with Crippen molar-refractivity contribution in [2.24, 2.45) is 0 Å². The SMILES string of the molecule is CC(C)(C)OC(=O)N(CCc1ccc(S(=O)(=O)c2ccc(Oc3cccc(C(=O)O)c3)cc2)cc1)C[C@@H](O)c1cccc(Cl)c1. The first kappa shape index (κ1) is 33.5. The van der Waals surface area contributed by atoms with Crippen molar-refractivity contribution in [1.82, 2.24) is 4.90 Å². The average Bonchev–Trinajstić information content (AvgIpc) is 2.99. The van der Waals surface area contributed by atoms with Crippen LogP contribution in [0.5, 0.6) is 11.5 Å². The van der Waals surface area contributed by atoms with E-state index in [9.17, 15) is 23.1 Å². The number of aromatic carboxylic acids is 1. The van der Waals surface area contributed by atoms with Crippen LogP contribution in [-0.2, 0) is 21.0 Å². The van der Waals surface area contributed by atoms with Crippen molar-refractivity contribution in [2.75, 3.05) is 13.1 Å². The molecule has 4 aromatic carbocycles. The number of halogens is 1. The average molecular weight is 652 g/mol. The fraction of sp³-hybridized carbons (Fsp3) is 0.235. The van der Waals surface area contributed by atoms with Crippen LogP contribution in [0.2, 0.25) is 5.02 Å². The molecule has 4 rings (SSSR count). The highest BCUT2D eigenvalue weighted by atomic mass is 35.5. The number of hydrogen-bond donors (Lipinski definition) is 2. The summed E-state index contributed by atoms with van der Waals surface area (Å²) in [6, 6.07) is 25.0. The lowest BCUT2D eigenvalue weighted by atomic mass is 10.1. The molecule has 0 saturated heterocycles. The van der Waals surface area contributed by atoms with Gasteiger partial charge in [-0.15, -0.1) is 0 Å². The summed E-state index contributed by atoms with van der Waals surface area (Å²) >= 11 is 6.07. The Labute approximate surface area is 267 Å². The monoisotopic (exact) mass is 651 g/mol. The number of rotatable bonds is 11. The van der Waals surface area contributed by atoms with E-state index in [0.29, 0.717) is 28.5 Å². The quantitative estimate of drug-likeness (QED) is 0.174. The van der Waals surface area contributed by atoms with Crippen LogP contribution >= 0.6 is 11.6 Å². The van der Waals surface area contributed by atoms with Crippen LogP contribution < -0.4 is 4.74 Å². The summed E-state index contributed by atoms with van der Waals surface area (Å²) in [5, 5.41) is 20.4. The Bertz CT molecular complexity index is 1750. The zero-order valence-corrected chi connectivity index (χ0v) is 26.6. The molecule has 0 aliphatic heterocycles. The standard InChI is InChI=1S/C34H34ClNO8S/c1-34(2,3)44-33(40)36(22-31(37)24-6-4-8-26(35)20-24)19-18-23-10-14-29(15-11-23)45(41,42)30-16-12-27(13-17-30)43-28-9-5-7-25(21-28)32(38)39/h4-17,20-21,31,37H,18-19,22H2,1-3H3,(H,38,39)/t31-/m1/s1. The number of hydrogen-bond acceptors (Lipinski definition) is 7. The molecule has 0 bridgehead atoms. The van der Waals surface area contributed by atoms with Crippen molar-refractivity contribution >= 4 is 33.5 Å². The third-order valence-electron chi connectivity index (χ3n) is 6.63. The molecular formula is C34H34ClNO8S. The van der Waals surface area contributed by atoms with E-state index in [2.05, 4.69) is 0 Å². The first-order chi connectivity index (χ1) is 21.2. The van der Waals surface area contributed by atoms with Gasteiger partial charge < -0.3 is 24.6 Å². The molecule has 0 unspecified atom stereocenters. The third-order valence-corrected chi connectivity index (χ3v) is 8.65. The van der Waals surface area contributed by atoms with Crippen LogP contribution in [0.3, 0.4) is 0 Å².